The van der Waals surface area contributed by atoms with Crippen LogP contribution in [-0.4, -0.2) is 32.8 Å². The Bertz CT molecular complexity index is 793. The highest BCUT2D eigenvalue weighted by Crippen LogP contribution is 2.24. The van der Waals surface area contributed by atoms with Gasteiger partial charge in [0.2, 0.25) is 0 Å². The molecule has 0 N–H and O–H groups in total. The van der Waals surface area contributed by atoms with E-state index < -0.39 is 0 Å². The minimum absolute atomic E-state index is 0.159. The van der Waals surface area contributed by atoms with Crippen molar-refractivity contribution in [2.45, 2.75) is 46.6 Å². The number of nitrogens with zero attached hydrogens (tertiary/aromatic N) is 3. The van der Waals surface area contributed by atoms with Crippen LogP contribution >= 0.6 is 11.3 Å². The van der Waals surface area contributed by atoms with Crippen LogP contribution in [0.2, 0.25) is 0 Å². The predicted molar refractivity (Wildman–Crippen MR) is 87.7 cm³/mol. The maximum atomic E-state index is 12.8. The van der Waals surface area contributed by atoms with E-state index in [0.29, 0.717) is 17.4 Å². The fourth-order valence-corrected chi connectivity index (χ4v) is 4.03. The first-order valence-corrected chi connectivity index (χ1v) is 8.52. The number of aromatic nitrogens is 2. The summed E-state index contributed by atoms with van der Waals surface area (Å²) in [5, 5.41) is 0. The van der Waals surface area contributed by atoms with Crippen molar-refractivity contribution in [2.24, 2.45) is 5.92 Å². The maximum absolute atomic E-state index is 12.8. The monoisotopic (exact) mass is 319 g/mol. The number of piperidine rings is 1. The van der Waals surface area contributed by atoms with Crippen LogP contribution in [0.3, 0.4) is 0 Å². The zero-order chi connectivity index (χ0) is 16.0. The Morgan fingerprint density at radius 1 is 1.36 bits per heavy atom. The van der Waals surface area contributed by atoms with Gasteiger partial charge in [0.15, 0.2) is 4.96 Å². The molecular formula is C16H21N3O2S. The number of amides is 1. The number of hydrogen-bond donors (Lipinski definition) is 0. The van der Waals surface area contributed by atoms with E-state index in [4.69, 9.17) is 0 Å². The highest BCUT2D eigenvalue weighted by atomic mass is 32.1. The standard InChI is InChI=1S/C16H21N3O2S/c1-9-6-5-7-18(10(9)2)14(20)13-8-17-16-19(15(13)21)11(3)12(4)22-16/h8-10H,5-7H2,1-4H3/t9-,10-/m0/s1. The van der Waals surface area contributed by atoms with Crippen LogP contribution in [0.4, 0.5) is 0 Å². The molecule has 118 valence electrons. The third-order valence-electron chi connectivity index (χ3n) is 4.88. The van der Waals surface area contributed by atoms with E-state index in [1.807, 2.05) is 18.7 Å². The average Bonchev–Trinajstić information content (AvgIpc) is 2.77. The van der Waals surface area contributed by atoms with Crippen LogP contribution in [0.1, 0.15) is 47.6 Å². The minimum atomic E-state index is -0.248. The van der Waals surface area contributed by atoms with Gasteiger partial charge in [-0.05, 0) is 39.5 Å². The van der Waals surface area contributed by atoms with Gasteiger partial charge in [0.05, 0.1) is 0 Å². The molecule has 0 aliphatic carbocycles. The molecule has 6 heteroatoms. The molecule has 2 aromatic rings. The smallest absolute Gasteiger partial charge is 0.271 e. The lowest BCUT2D eigenvalue weighted by molar-refractivity contribution is 0.0548. The molecule has 0 bridgehead atoms. The van der Waals surface area contributed by atoms with Gasteiger partial charge in [0.25, 0.3) is 11.5 Å². The number of hydrogen-bond acceptors (Lipinski definition) is 4. The molecule has 3 heterocycles. The Morgan fingerprint density at radius 2 is 2.09 bits per heavy atom. The van der Waals surface area contributed by atoms with Gasteiger partial charge >= 0.3 is 0 Å². The molecule has 1 aliphatic rings. The zero-order valence-corrected chi connectivity index (χ0v) is 14.2. The number of carbonyl (C=O) groups excluding carboxylic acids is 1. The van der Waals surface area contributed by atoms with E-state index in [1.54, 1.807) is 4.40 Å². The largest absolute Gasteiger partial charge is 0.335 e. The molecule has 1 saturated heterocycles. The summed E-state index contributed by atoms with van der Waals surface area (Å²) < 4.78 is 1.56. The molecule has 0 spiro atoms. The van der Waals surface area contributed by atoms with Crippen molar-refractivity contribution in [3.8, 4) is 0 Å². The van der Waals surface area contributed by atoms with Gasteiger partial charge in [-0.3, -0.25) is 14.0 Å². The van der Waals surface area contributed by atoms with Gasteiger partial charge in [-0.1, -0.05) is 6.92 Å². The minimum Gasteiger partial charge on any atom is -0.335 e. The van der Waals surface area contributed by atoms with Gasteiger partial charge in [0, 0.05) is 29.4 Å². The Kier molecular flexibility index (Phi) is 3.80. The van der Waals surface area contributed by atoms with Crippen molar-refractivity contribution in [3.63, 3.8) is 0 Å². The second-order valence-electron chi connectivity index (χ2n) is 6.20. The Labute approximate surface area is 133 Å². The van der Waals surface area contributed by atoms with Gasteiger partial charge < -0.3 is 4.90 Å². The van der Waals surface area contributed by atoms with Crippen molar-refractivity contribution in [1.29, 1.82) is 0 Å². The first-order valence-electron chi connectivity index (χ1n) is 7.70. The second-order valence-corrected chi connectivity index (χ2v) is 7.38. The van der Waals surface area contributed by atoms with Crippen LogP contribution in [0.15, 0.2) is 11.0 Å². The van der Waals surface area contributed by atoms with Crippen LogP contribution in [0.25, 0.3) is 4.96 Å². The average molecular weight is 319 g/mol. The summed E-state index contributed by atoms with van der Waals surface area (Å²) in [6.07, 6.45) is 3.57. The highest BCUT2D eigenvalue weighted by Gasteiger charge is 2.30. The number of thiazole rings is 1. The molecule has 0 aromatic carbocycles. The fraction of sp³-hybridized carbons (Fsp3) is 0.562. The molecule has 5 nitrogen and oxygen atoms in total. The van der Waals surface area contributed by atoms with E-state index in [2.05, 4.69) is 18.8 Å². The van der Waals surface area contributed by atoms with E-state index in [1.165, 1.54) is 17.5 Å². The lowest BCUT2D eigenvalue weighted by atomic mass is 9.91. The van der Waals surface area contributed by atoms with Gasteiger partial charge in [-0.15, -0.1) is 11.3 Å². The number of fused-ring (bicyclic) bond motifs is 1. The van der Waals surface area contributed by atoms with E-state index in [9.17, 15) is 9.59 Å². The van der Waals surface area contributed by atoms with Crippen molar-refractivity contribution in [3.05, 3.63) is 32.7 Å². The summed E-state index contributed by atoms with van der Waals surface area (Å²) in [6, 6.07) is 0.159. The molecule has 2 atom stereocenters. The lowest BCUT2D eigenvalue weighted by Gasteiger charge is -2.37. The molecule has 0 saturated carbocycles. The topological polar surface area (TPSA) is 54.7 Å². The number of rotatable bonds is 1. The predicted octanol–water partition coefficient (Wildman–Crippen LogP) is 2.63. The van der Waals surface area contributed by atoms with Crippen LogP contribution in [-0.2, 0) is 0 Å². The maximum Gasteiger partial charge on any atom is 0.271 e. The Morgan fingerprint density at radius 3 is 2.82 bits per heavy atom. The van der Waals surface area contributed by atoms with Crippen LogP contribution in [0.5, 0.6) is 0 Å². The SMILES string of the molecule is Cc1sc2ncc(C(=O)N3CCC[C@H](C)[C@@H]3C)c(=O)n2c1C. The van der Waals surface area contributed by atoms with Crippen LogP contribution in [0, 0.1) is 19.8 Å². The van der Waals surface area contributed by atoms with E-state index in [0.717, 1.165) is 23.4 Å². The van der Waals surface area contributed by atoms with Gasteiger partial charge in [-0.25, -0.2) is 4.98 Å². The molecular weight excluding hydrogens is 298 g/mol. The summed E-state index contributed by atoms with van der Waals surface area (Å²) in [6.45, 7) is 8.79. The summed E-state index contributed by atoms with van der Waals surface area (Å²) >= 11 is 1.48. The van der Waals surface area contributed by atoms with Crippen LogP contribution < -0.4 is 5.56 Å². The highest BCUT2D eigenvalue weighted by molar-refractivity contribution is 7.17. The third kappa shape index (κ3) is 2.26. The molecule has 0 unspecified atom stereocenters. The first-order chi connectivity index (χ1) is 10.4. The number of aryl methyl sites for hydroxylation is 2. The second kappa shape index (κ2) is 5.50. The van der Waals surface area contributed by atoms with Gasteiger partial charge in [0.1, 0.15) is 5.56 Å². The van der Waals surface area contributed by atoms with Crippen molar-refractivity contribution in [2.75, 3.05) is 6.54 Å². The molecule has 2 aromatic heterocycles. The molecule has 1 amide bonds. The normalized spacial score (nSPS) is 22.3. The summed E-state index contributed by atoms with van der Waals surface area (Å²) in [5.41, 5.74) is 0.800. The quantitative estimate of drug-likeness (QED) is 0.812. The van der Waals surface area contributed by atoms with Crippen molar-refractivity contribution < 1.29 is 4.79 Å². The molecule has 3 rings (SSSR count). The molecule has 0 radical (unpaired) electrons. The Balaban J connectivity index is 2.06. The van der Waals surface area contributed by atoms with E-state index in [-0.39, 0.29) is 23.1 Å². The number of carbonyl (C=O) groups is 1. The van der Waals surface area contributed by atoms with Crippen molar-refractivity contribution >= 4 is 22.2 Å². The lowest BCUT2D eigenvalue weighted by Crippen LogP contribution is -2.47. The van der Waals surface area contributed by atoms with E-state index >= 15 is 0 Å². The molecule has 1 fully saturated rings. The summed E-state index contributed by atoms with van der Waals surface area (Å²) in [5.74, 6) is 0.275. The molecule has 22 heavy (non-hydrogen) atoms. The zero-order valence-electron chi connectivity index (χ0n) is 13.4. The van der Waals surface area contributed by atoms with Crippen molar-refractivity contribution in [1.82, 2.24) is 14.3 Å². The fourth-order valence-electron chi connectivity index (χ4n) is 3.10. The molecule has 1 aliphatic heterocycles. The number of likely N-dealkylation sites (tertiary alicyclic amines) is 1. The van der Waals surface area contributed by atoms with Gasteiger partial charge in [-0.2, -0.15) is 0 Å². The summed E-state index contributed by atoms with van der Waals surface area (Å²) in [4.78, 5) is 33.4. The third-order valence-corrected chi connectivity index (χ3v) is 5.96. The summed E-state index contributed by atoms with van der Waals surface area (Å²) in [7, 11) is 0. The first kappa shape index (κ1) is 15.2. The Hall–Kier alpha value is -1.69.